The van der Waals surface area contributed by atoms with E-state index in [1.807, 2.05) is 18.5 Å². The van der Waals surface area contributed by atoms with Crippen LogP contribution >= 0.6 is 0 Å². The van der Waals surface area contributed by atoms with Crippen LogP contribution in [0.25, 0.3) is 0 Å². The Bertz CT molecular complexity index is 515. The number of hydrogen-bond donors (Lipinski definition) is 2. The van der Waals surface area contributed by atoms with Gasteiger partial charge in [-0.2, -0.15) is 5.10 Å². The molecule has 90 valence electrons. The Morgan fingerprint density at radius 1 is 1.41 bits per heavy atom. The first-order chi connectivity index (χ1) is 8.19. The van der Waals surface area contributed by atoms with Crippen molar-refractivity contribution in [3.63, 3.8) is 0 Å². The lowest BCUT2D eigenvalue weighted by Crippen LogP contribution is -2.30. The molecule has 3 N–H and O–H groups in total. The van der Waals surface area contributed by atoms with Crippen LogP contribution in [-0.2, 0) is 13.1 Å². The summed E-state index contributed by atoms with van der Waals surface area (Å²) in [6.07, 6.45) is 5.26. The molecule has 0 atom stereocenters. The van der Waals surface area contributed by atoms with Gasteiger partial charge in [0.1, 0.15) is 0 Å². The number of aryl methyl sites for hydroxylation is 3. The van der Waals surface area contributed by atoms with Gasteiger partial charge < -0.3 is 0 Å². The summed E-state index contributed by atoms with van der Waals surface area (Å²) in [6, 6.07) is 0. The molecule has 0 aromatic carbocycles. The van der Waals surface area contributed by atoms with Gasteiger partial charge in [0.15, 0.2) is 5.69 Å². The summed E-state index contributed by atoms with van der Waals surface area (Å²) in [6.45, 7) is 3.23. The lowest BCUT2D eigenvalue weighted by molar-refractivity contribution is 0.0948. The lowest BCUT2D eigenvalue weighted by atomic mass is 10.4. The van der Waals surface area contributed by atoms with Crippen molar-refractivity contribution in [2.45, 2.75) is 20.0 Å². The lowest BCUT2D eigenvalue weighted by Gasteiger charge is -2.00. The molecule has 8 heteroatoms. The summed E-state index contributed by atoms with van der Waals surface area (Å²) in [4.78, 5) is 11.1. The Hall–Kier alpha value is -2.22. The highest BCUT2D eigenvalue weighted by Crippen LogP contribution is 1.96. The van der Waals surface area contributed by atoms with E-state index >= 15 is 0 Å². The van der Waals surface area contributed by atoms with Crippen molar-refractivity contribution in [2.24, 2.45) is 5.84 Å². The highest BCUT2D eigenvalue weighted by molar-refractivity contribution is 5.91. The van der Waals surface area contributed by atoms with Crippen LogP contribution in [0.4, 0.5) is 0 Å². The SMILES string of the molecule is Cc1cnn(CCn2cc(C(=O)NN)nn2)c1. The number of nitrogens with two attached hydrogens (primary N) is 1. The fraction of sp³-hybridized carbons (Fsp3) is 0.333. The summed E-state index contributed by atoms with van der Waals surface area (Å²) < 4.78 is 3.38. The van der Waals surface area contributed by atoms with Gasteiger partial charge in [0.25, 0.3) is 5.91 Å². The molecule has 0 saturated heterocycles. The van der Waals surface area contributed by atoms with Gasteiger partial charge in [-0.3, -0.25) is 14.9 Å². The highest BCUT2D eigenvalue weighted by Gasteiger charge is 2.08. The van der Waals surface area contributed by atoms with E-state index in [0.717, 1.165) is 5.56 Å². The standard InChI is InChI=1S/C9H13N7O/c1-7-4-11-15(5-7)2-3-16-6-8(13-14-16)9(17)12-10/h4-6H,2-3,10H2,1H3,(H,12,17). The number of nitrogens with zero attached hydrogens (tertiary/aromatic N) is 5. The number of aromatic nitrogens is 5. The number of carbonyl (C=O) groups is 1. The fourth-order valence-electron chi connectivity index (χ4n) is 1.38. The number of nitrogens with one attached hydrogen (secondary N) is 1. The second-order valence-corrected chi connectivity index (χ2v) is 3.62. The van der Waals surface area contributed by atoms with Crippen LogP contribution in [0.3, 0.4) is 0 Å². The maximum absolute atomic E-state index is 11.1. The number of amides is 1. The highest BCUT2D eigenvalue weighted by atomic mass is 16.2. The molecular weight excluding hydrogens is 222 g/mol. The van der Waals surface area contributed by atoms with Gasteiger partial charge in [0.2, 0.25) is 0 Å². The van der Waals surface area contributed by atoms with Crippen molar-refractivity contribution in [2.75, 3.05) is 0 Å². The van der Waals surface area contributed by atoms with E-state index in [-0.39, 0.29) is 5.69 Å². The number of carbonyl (C=O) groups excluding carboxylic acids is 1. The first kappa shape index (κ1) is 11.3. The molecule has 0 unspecified atom stereocenters. The van der Waals surface area contributed by atoms with Crippen LogP contribution in [-0.4, -0.2) is 30.7 Å². The first-order valence-corrected chi connectivity index (χ1v) is 5.09. The molecule has 8 nitrogen and oxygen atoms in total. The predicted octanol–water partition coefficient (Wildman–Crippen LogP) is -0.913. The van der Waals surface area contributed by atoms with E-state index in [4.69, 9.17) is 5.84 Å². The van der Waals surface area contributed by atoms with Gasteiger partial charge >= 0.3 is 0 Å². The number of hydrazine groups is 1. The van der Waals surface area contributed by atoms with E-state index in [0.29, 0.717) is 13.1 Å². The zero-order chi connectivity index (χ0) is 12.3. The summed E-state index contributed by atoms with van der Waals surface area (Å²) in [5.41, 5.74) is 3.30. The van der Waals surface area contributed by atoms with Gasteiger partial charge in [0.05, 0.1) is 25.5 Å². The molecule has 2 aromatic heterocycles. The van der Waals surface area contributed by atoms with Crippen molar-refractivity contribution in [1.82, 2.24) is 30.2 Å². The van der Waals surface area contributed by atoms with E-state index in [1.54, 1.807) is 21.8 Å². The Labute approximate surface area is 97.4 Å². The first-order valence-electron chi connectivity index (χ1n) is 5.09. The second kappa shape index (κ2) is 4.74. The maximum atomic E-state index is 11.1. The van der Waals surface area contributed by atoms with Gasteiger partial charge in [-0.25, -0.2) is 10.5 Å². The zero-order valence-corrected chi connectivity index (χ0v) is 9.37. The molecule has 2 rings (SSSR count). The molecule has 0 bridgehead atoms. The van der Waals surface area contributed by atoms with Gasteiger partial charge in [-0.1, -0.05) is 5.21 Å². The van der Waals surface area contributed by atoms with Gasteiger partial charge in [0, 0.05) is 6.20 Å². The van der Waals surface area contributed by atoms with Crippen LogP contribution < -0.4 is 11.3 Å². The quantitative estimate of drug-likeness (QED) is 0.405. The van der Waals surface area contributed by atoms with Gasteiger partial charge in [-0.15, -0.1) is 5.10 Å². The molecule has 1 amide bonds. The molecule has 0 aliphatic carbocycles. The van der Waals surface area contributed by atoms with E-state index in [2.05, 4.69) is 15.4 Å². The van der Waals surface area contributed by atoms with Crippen LogP contribution in [0, 0.1) is 6.92 Å². The molecule has 0 aliphatic rings. The van der Waals surface area contributed by atoms with Crippen molar-refractivity contribution < 1.29 is 4.79 Å². The largest absolute Gasteiger partial charge is 0.289 e. The smallest absolute Gasteiger partial charge is 0.287 e. The fourth-order valence-corrected chi connectivity index (χ4v) is 1.38. The normalized spacial score (nSPS) is 10.5. The average Bonchev–Trinajstić information content (AvgIpc) is 2.94. The minimum atomic E-state index is -0.453. The molecular formula is C9H13N7O. The minimum absolute atomic E-state index is 0.198. The van der Waals surface area contributed by atoms with Gasteiger partial charge in [-0.05, 0) is 12.5 Å². The zero-order valence-electron chi connectivity index (χ0n) is 9.37. The third-order valence-corrected chi connectivity index (χ3v) is 2.22. The third-order valence-electron chi connectivity index (χ3n) is 2.22. The molecule has 0 aliphatic heterocycles. The number of hydrogen-bond acceptors (Lipinski definition) is 5. The monoisotopic (exact) mass is 235 g/mol. The van der Waals surface area contributed by atoms with Crippen LogP contribution in [0.2, 0.25) is 0 Å². The van der Waals surface area contributed by atoms with Crippen LogP contribution in [0.5, 0.6) is 0 Å². The number of rotatable bonds is 4. The van der Waals surface area contributed by atoms with Crippen LogP contribution in [0.1, 0.15) is 16.1 Å². The molecule has 0 fully saturated rings. The molecule has 0 radical (unpaired) electrons. The van der Waals surface area contributed by atoms with Crippen molar-refractivity contribution in [1.29, 1.82) is 0 Å². The maximum Gasteiger partial charge on any atom is 0.287 e. The Kier molecular flexibility index (Phi) is 3.15. The van der Waals surface area contributed by atoms with Crippen LogP contribution in [0.15, 0.2) is 18.6 Å². The number of nitrogen functional groups attached to an aromatic ring is 1. The molecule has 0 saturated carbocycles. The Morgan fingerprint density at radius 2 is 2.18 bits per heavy atom. The molecule has 2 heterocycles. The molecule has 2 aromatic rings. The van der Waals surface area contributed by atoms with E-state index in [9.17, 15) is 4.79 Å². The second-order valence-electron chi connectivity index (χ2n) is 3.62. The van der Waals surface area contributed by atoms with E-state index in [1.165, 1.54) is 0 Å². The van der Waals surface area contributed by atoms with Crippen molar-refractivity contribution in [3.05, 3.63) is 29.8 Å². The summed E-state index contributed by atoms with van der Waals surface area (Å²) in [5.74, 6) is 4.54. The summed E-state index contributed by atoms with van der Waals surface area (Å²) in [5, 5.41) is 11.7. The molecule has 17 heavy (non-hydrogen) atoms. The van der Waals surface area contributed by atoms with E-state index < -0.39 is 5.91 Å². The molecule has 0 spiro atoms. The topological polar surface area (TPSA) is 104 Å². The third kappa shape index (κ3) is 2.67. The average molecular weight is 235 g/mol. The predicted molar refractivity (Wildman–Crippen MR) is 58.6 cm³/mol. The Morgan fingerprint density at radius 3 is 2.82 bits per heavy atom. The summed E-state index contributed by atoms with van der Waals surface area (Å²) in [7, 11) is 0. The minimum Gasteiger partial charge on any atom is -0.289 e. The summed E-state index contributed by atoms with van der Waals surface area (Å²) >= 11 is 0. The Balaban J connectivity index is 1.95. The van der Waals surface area contributed by atoms with Crippen molar-refractivity contribution in [3.8, 4) is 0 Å². The van der Waals surface area contributed by atoms with Crippen molar-refractivity contribution >= 4 is 5.91 Å².